The Kier molecular flexibility index (Phi) is 5.45. The van der Waals surface area contributed by atoms with Crippen LogP contribution in [0.4, 0.5) is 0 Å². The molecule has 0 heterocycles. The molecule has 1 atom stereocenters. The number of hydrogen-bond donors (Lipinski definition) is 1. The van der Waals surface area contributed by atoms with Gasteiger partial charge in [0.2, 0.25) is 5.91 Å². The van der Waals surface area contributed by atoms with Gasteiger partial charge in [0, 0.05) is 30.6 Å². The van der Waals surface area contributed by atoms with E-state index in [1.165, 1.54) is 0 Å². The molecule has 0 spiro atoms. The molecule has 1 aromatic rings. The SMILES string of the molecule is CCN(CC)C(=O)CC(N)c1cccc(Cl)c1. The van der Waals surface area contributed by atoms with Crippen molar-refractivity contribution < 1.29 is 4.79 Å². The molecule has 0 aliphatic rings. The third kappa shape index (κ3) is 4.02. The summed E-state index contributed by atoms with van der Waals surface area (Å²) in [5.74, 6) is 0.0856. The Morgan fingerprint density at radius 1 is 1.41 bits per heavy atom. The summed E-state index contributed by atoms with van der Waals surface area (Å²) in [5.41, 5.74) is 6.91. The Labute approximate surface area is 108 Å². The van der Waals surface area contributed by atoms with E-state index in [0.29, 0.717) is 11.4 Å². The van der Waals surface area contributed by atoms with Gasteiger partial charge < -0.3 is 10.6 Å². The summed E-state index contributed by atoms with van der Waals surface area (Å²) in [5, 5.41) is 0.647. The second-order valence-electron chi connectivity index (χ2n) is 3.93. The summed E-state index contributed by atoms with van der Waals surface area (Å²) in [6.45, 7) is 5.37. The van der Waals surface area contributed by atoms with Gasteiger partial charge in [0.25, 0.3) is 0 Å². The maximum Gasteiger partial charge on any atom is 0.224 e. The summed E-state index contributed by atoms with van der Waals surface area (Å²) in [7, 11) is 0. The van der Waals surface area contributed by atoms with Crippen molar-refractivity contribution in [2.75, 3.05) is 13.1 Å². The monoisotopic (exact) mass is 254 g/mol. The predicted octanol–water partition coefficient (Wildman–Crippen LogP) is 2.60. The highest BCUT2D eigenvalue weighted by molar-refractivity contribution is 6.30. The molecule has 3 nitrogen and oxygen atoms in total. The molecular formula is C13H19ClN2O. The van der Waals surface area contributed by atoms with Crippen molar-refractivity contribution in [2.45, 2.75) is 26.3 Å². The maximum atomic E-state index is 11.9. The van der Waals surface area contributed by atoms with Crippen LogP contribution in [0.2, 0.25) is 5.02 Å². The van der Waals surface area contributed by atoms with Crippen LogP contribution < -0.4 is 5.73 Å². The molecule has 0 aliphatic carbocycles. The Morgan fingerprint density at radius 3 is 2.59 bits per heavy atom. The number of benzene rings is 1. The molecule has 0 aromatic heterocycles. The molecule has 1 rings (SSSR count). The number of carbonyl (C=O) groups is 1. The molecule has 0 radical (unpaired) electrons. The zero-order valence-corrected chi connectivity index (χ0v) is 11.1. The highest BCUT2D eigenvalue weighted by Gasteiger charge is 2.15. The van der Waals surface area contributed by atoms with E-state index in [4.69, 9.17) is 17.3 Å². The normalized spacial score (nSPS) is 12.2. The van der Waals surface area contributed by atoms with Gasteiger partial charge in [-0.25, -0.2) is 0 Å². The minimum Gasteiger partial charge on any atom is -0.343 e. The average molecular weight is 255 g/mol. The lowest BCUT2D eigenvalue weighted by atomic mass is 10.0. The molecule has 0 bridgehead atoms. The Hall–Kier alpha value is -1.06. The number of halogens is 1. The molecule has 0 saturated heterocycles. The fraction of sp³-hybridized carbons (Fsp3) is 0.462. The standard InChI is InChI=1S/C13H19ClN2O/c1-3-16(4-2)13(17)9-12(15)10-6-5-7-11(14)8-10/h5-8,12H,3-4,9,15H2,1-2H3. The molecule has 0 saturated carbocycles. The van der Waals surface area contributed by atoms with Gasteiger partial charge in [-0.15, -0.1) is 0 Å². The number of nitrogens with two attached hydrogens (primary N) is 1. The summed E-state index contributed by atoms with van der Waals surface area (Å²) < 4.78 is 0. The number of carbonyl (C=O) groups excluding carboxylic acids is 1. The largest absolute Gasteiger partial charge is 0.343 e. The lowest BCUT2D eigenvalue weighted by Crippen LogP contribution is -2.32. The molecule has 94 valence electrons. The molecule has 17 heavy (non-hydrogen) atoms. The van der Waals surface area contributed by atoms with Gasteiger partial charge in [-0.1, -0.05) is 23.7 Å². The van der Waals surface area contributed by atoms with E-state index in [0.717, 1.165) is 18.7 Å². The summed E-state index contributed by atoms with van der Waals surface area (Å²) in [6, 6.07) is 7.05. The first-order valence-corrected chi connectivity index (χ1v) is 6.25. The Bertz CT molecular complexity index is 377. The molecule has 1 unspecified atom stereocenters. The third-order valence-corrected chi connectivity index (χ3v) is 3.02. The van der Waals surface area contributed by atoms with E-state index in [1.54, 1.807) is 11.0 Å². The molecule has 0 fully saturated rings. The maximum absolute atomic E-state index is 11.9. The molecule has 4 heteroatoms. The van der Waals surface area contributed by atoms with Crippen molar-refractivity contribution in [1.29, 1.82) is 0 Å². The number of rotatable bonds is 5. The van der Waals surface area contributed by atoms with E-state index in [9.17, 15) is 4.79 Å². The minimum absolute atomic E-state index is 0.0856. The quantitative estimate of drug-likeness (QED) is 0.878. The van der Waals surface area contributed by atoms with Gasteiger partial charge in [-0.05, 0) is 31.5 Å². The van der Waals surface area contributed by atoms with Crippen LogP contribution in [0.15, 0.2) is 24.3 Å². The van der Waals surface area contributed by atoms with E-state index in [1.807, 2.05) is 32.0 Å². The van der Waals surface area contributed by atoms with Crippen LogP contribution in [0.5, 0.6) is 0 Å². The number of hydrogen-bond acceptors (Lipinski definition) is 2. The van der Waals surface area contributed by atoms with Crippen LogP contribution >= 0.6 is 11.6 Å². The first-order valence-electron chi connectivity index (χ1n) is 5.87. The van der Waals surface area contributed by atoms with Crippen molar-refractivity contribution in [1.82, 2.24) is 4.90 Å². The first-order chi connectivity index (χ1) is 8.08. The van der Waals surface area contributed by atoms with E-state index < -0.39 is 0 Å². The highest BCUT2D eigenvalue weighted by atomic mass is 35.5. The lowest BCUT2D eigenvalue weighted by Gasteiger charge is -2.21. The van der Waals surface area contributed by atoms with Crippen LogP contribution in [0.1, 0.15) is 31.9 Å². The number of nitrogens with zero attached hydrogens (tertiary/aromatic N) is 1. The van der Waals surface area contributed by atoms with Gasteiger partial charge in [0.1, 0.15) is 0 Å². The van der Waals surface area contributed by atoms with Crippen LogP contribution in [-0.4, -0.2) is 23.9 Å². The van der Waals surface area contributed by atoms with Gasteiger partial charge in [-0.3, -0.25) is 4.79 Å². The second kappa shape index (κ2) is 6.62. The van der Waals surface area contributed by atoms with Crippen molar-refractivity contribution in [3.63, 3.8) is 0 Å². The Morgan fingerprint density at radius 2 is 2.06 bits per heavy atom. The predicted molar refractivity (Wildman–Crippen MR) is 70.9 cm³/mol. The zero-order chi connectivity index (χ0) is 12.8. The Balaban J connectivity index is 2.66. The zero-order valence-electron chi connectivity index (χ0n) is 10.3. The average Bonchev–Trinajstić information content (AvgIpc) is 2.30. The first kappa shape index (κ1) is 14.0. The van der Waals surface area contributed by atoms with E-state index >= 15 is 0 Å². The van der Waals surface area contributed by atoms with Crippen LogP contribution in [0.3, 0.4) is 0 Å². The van der Waals surface area contributed by atoms with E-state index in [-0.39, 0.29) is 11.9 Å². The van der Waals surface area contributed by atoms with Crippen LogP contribution in [0.25, 0.3) is 0 Å². The second-order valence-corrected chi connectivity index (χ2v) is 4.37. The molecular weight excluding hydrogens is 236 g/mol. The number of amides is 1. The van der Waals surface area contributed by atoms with Crippen molar-refractivity contribution >= 4 is 17.5 Å². The topological polar surface area (TPSA) is 46.3 Å². The van der Waals surface area contributed by atoms with Gasteiger partial charge in [0.05, 0.1) is 0 Å². The van der Waals surface area contributed by atoms with Gasteiger partial charge in [0.15, 0.2) is 0 Å². The highest BCUT2D eigenvalue weighted by Crippen LogP contribution is 2.19. The third-order valence-electron chi connectivity index (χ3n) is 2.79. The molecule has 1 aromatic carbocycles. The van der Waals surface area contributed by atoms with Crippen molar-refractivity contribution in [3.8, 4) is 0 Å². The molecule has 0 aliphatic heterocycles. The van der Waals surface area contributed by atoms with Crippen LogP contribution in [0, 0.1) is 0 Å². The van der Waals surface area contributed by atoms with Gasteiger partial charge >= 0.3 is 0 Å². The van der Waals surface area contributed by atoms with Crippen LogP contribution in [-0.2, 0) is 4.79 Å². The fourth-order valence-electron chi connectivity index (χ4n) is 1.75. The summed E-state index contributed by atoms with van der Waals surface area (Å²) in [4.78, 5) is 13.7. The fourth-order valence-corrected chi connectivity index (χ4v) is 1.95. The molecule has 1 amide bonds. The van der Waals surface area contributed by atoms with Crippen molar-refractivity contribution in [2.24, 2.45) is 5.73 Å². The lowest BCUT2D eigenvalue weighted by molar-refractivity contribution is -0.131. The smallest absolute Gasteiger partial charge is 0.224 e. The summed E-state index contributed by atoms with van der Waals surface area (Å²) >= 11 is 5.89. The summed E-state index contributed by atoms with van der Waals surface area (Å²) in [6.07, 6.45) is 0.321. The van der Waals surface area contributed by atoms with E-state index in [2.05, 4.69) is 0 Å². The van der Waals surface area contributed by atoms with Crippen molar-refractivity contribution in [3.05, 3.63) is 34.9 Å². The van der Waals surface area contributed by atoms with Gasteiger partial charge in [-0.2, -0.15) is 0 Å². The molecule has 2 N–H and O–H groups in total. The minimum atomic E-state index is -0.290.